The summed E-state index contributed by atoms with van der Waals surface area (Å²) in [5, 5.41) is 23.2. The number of hydrogen-bond donors (Lipinski definition) is 2. The van der Waals surface area contributed by atoms with Crippen molar-refractivity contribution in [1.29, 1.82) is 0 Å². The maximum atomic E-state index is 13.1. The fourth-order valence-electron chi connectivity index (χ4n) is 5.00. The van der Waals surface area contributed by atoms with Crippen LogP contribution in [0, 0.1) is 13.8 Å². The van der Waals surface area contributed by atoms with Gasteiger partial charge in [0.15, 0.2) is 5.82 Å². The van der Waals surface area contributed by atoms with Crippen LogP contribution in [0.1, 0.15) is 67.6 Å². The van der Waals surface area contributed by atoms with E-state index in [1.165, 1.54) is 0 Å². The van der Waals surface area contributed by atoms with Crippen molar-refractivity contribution in [3.63, 3.8) is 0 Å². The molecule has 3 heterocycles. The Labute approximate surface area is 200 Å². The topological polar surface area (TPSA) is 109 Å². The van der Waals surface area contributed by atoms with Crippen LogP contribution in [0.4, 0.5) is 0 Å². The number of nitrogens with zero attached hydrogens (tertiary/aromatic N) is 5. The highest BCUT2D eigenvalue weighted by Gasteiger charge is 2.28. The zero-order valence-corrected chi connectivity index (χ0v) is 20.5. The first-order valence-electron chi connectivity index (χ1n) is 12.4. The first-order valence-corrected chi connectivity index (χ1v) is 12.4. The van der Waals surface area contributed by atoms with Crippen LogP contribution in [0.25, 0.3) is 10.9 Å². The van der Waals surface area contributed by atoms with E-state index in [9.17, 15) is 9.90 Å². The number of aromatic nitrogens is 5. The monoisotopic (exact) mass is 468 g/mol. The number of ether oxygens (including phenoxy) is 1. The second-order valence-electron chi connectivity index (χ2n) is 9.38. The Hall–Kier alpha value is -2.62. The van der Waals surface area contributed by atoms with Crippen molar-refractivity contribution in [1.82, 2.24) is 30.1 Å². The molecule has 0 saturated carbocycles. The first kappa shape index (κ1) is 24.5. The minimum Gasteiger partial charge on any atom is -0.396 e. The van der Waals surface area contributed by atoms with Crippen molar-refractivity contribution in [3.8, 4) is 0 Å². The SMILES string of the molecule is CCC[C@@H](c1nnnn1C[C@@H]1CCCO1)N(CCCO)Cc1cc2cc(C)cc(C)c2[nH]c1=O. The zero-order chi connectivity index (χ0) is 24.1. The summed E-state index contributed by atoms with van der Waals surface area (Å²) in [6.07, 6.45) is 4.60. The van der Waals surface area contributed by atoms with E-state index in [0.717, 1.165) is 60.1 Å². The molecule has 1 aliphatic rings. The number of benzene rings is 1. The molecule has 9 heteroatoms. The lowest BCUT2D eigenvalue weighted by atomic mass is 10.0. The Morgan fingerprint density at radius 1 is 1.32 bits per heavy atom. The molecule has 184 valence electrons. The van der Waals surface area contributed by atoms with E-state index in [2.05, 4.69) is 51.4 Å². The number of fused-ring (bicyclic) bond motifs is 1. The van der Waals surface area contributed by atoms with Gasteiger partial charge in [-0.2, -0.15) is 0 Å². The van der Waals surface area contributed by atoms with Crippen LogP contribution in [0.3, 0.4) is 0 Å². The molecule has 2 N–H and O–H groups in total. The summed E-state index contributed by atoms with van der Waals surface area (Å²) < 4.78 is 7.67. The van der Waals surface area contributed by atoms with Gasteiger partial charge >= 0.3 is 0 Å². The van der Waals surface area contributed by atoms with Gasteiger partial charge in [0.05, 0.1) is 24.2 Å². The minimum atomic E-state index is -0.0809. The molecule has 0 radical (unpaired) electrons. The molecule has 0 unspecified atom stereocenters. The number of aryl methyl sites for hydroxylation is 2. The Balaban J connectivity index is 1.67. The molecule has 0 spiro atoms. The standard InChI is InChI=1S/C25H36N6O3/c1-4-7-22(24-27-28-29-31(24)16-21-8-5-11-34-21)30(9-6-10-32)15-20-14-19-13-17(2)12-18(3)23(19)26-25(20)33/h12-14,21-22,32H,4-11,15-16H2,1-3H3,(H,26,33)/t21-,22-/m0/s1. The molecule has 0 aliphatic carbocycles. The van der Waals surface area contributed by atoms with E-state index in [4.69, 9.17) is 4.74 Å². The zero-order valence-electron chi connectivity index (χ0n) is 20.5. The number of tetrazole rings is 1. The third kappa shape index (κ3) is 5.54. The highest BCUT2D eigenvalue weighted by Crippen LogP contribution is 2.27. The van der Waals surface area contributed by atoms with E-state index in [1.807, 2.05) is 17.7 Å². The van der Waals surface area contributed by atoms with E-state index in [1.54, 1.807) is 0 Å². The lowest BCUT2D eigenvalue weighted by Gasteiger charge is -2.31. The molecule has 34 heavy (non-hydrogen) atoms. The van der Waals surface area contributed by atoms with Crippen LogP contribution in [-0.2, 0) is 17.8 Å². The van der Waals surface area contributed by atoms with Gasteiger partial charge in [0.1, 0.15) is 0 Å². The maximum Gasteiger partial charge on any atom is 0.252 e. The van der Waals surface area contributed by atoms with Crippen molar-refractivity contribution in [3.05, 3.63) is 51.1 Å². The van der Waals surface area contributed by atoms with Crippen LogP contribution >= 0.6 is 0 Å². The molecule has 4 rings (SSSR count). The van der Waals surface area contributed by atoms with Gasteiger partial charge in [-0.3, -0.25) is 9.69 Å². The molecule has 2 aromatic heterocycles. The van der Waals surface area contributed by atoms with Crippen molar-refractivity contribution in [2.75, 3.05) is 19.8 Å². The van der Waals surface area contributed by atoms with Gasteiger partial charge in [-0.15, -0.1) is 5.10 Å². The van der Waals surface area contributed by atoms with Crippen molar-refractivity contribution >= 4 is 10.9 Å². The smallest absolute Gasteiger partial charge is 0.252 e. The van der Waals surface area contributed by atoms with Crippen LogP contribution in [0.15, 0.2) is 23.0 Å². The van der Waals surface area contributed by atoms with Crippen molar-refractivity contribution < 1.29 is 9.84 Å². The predicted octanol–water partition coefficient (Wildman–Crippen LogP) is 3.04. The predicted molar refractivity (Wildman–Crippen MR) is 131 cm³/mol. The molecule has 3 aromatic rings. The normalized spacial score (nSPS) is 17.1. The molecule has 1 aliphatic heterocycles. The molecular weight excluding hydrogens is 432 g/mol. The van der Waals surface area contributed by atoms with Gasteiger partial charge in [0, 0.05) is 31.9 Å². The number of hydrogen-bond acceptors (Lipinski definition) is 7. The first-order chi connectivity index (χ1) is 16.5. The van der Waals surface area contributed by atoms with Gasteiger partial charge in [-0.25, -0.2) is 4.68 Å². The fourth-order valence-corrected chi connectivity index (χ4v) is 5.00. The molecule has 1 fully saturated rings. The Morgan fingerprint density at radius 3 is 2.91 bits per heavy atom. The number of aromatic amines is 1. The quantitative estimate of drug-likeness (QED) is 0.445. The Kier molecular flexibility index (Phi) is 8.07. The van der Waals surface area contributed by atoms with Gasteiger partial charge in [0.25, 0.3) is 5.56 Å². The third-order valence-electron chi connectivity index (χ3n) is 6.61. The van der Waals surface area contributed by atoms with E-state index in [-0.39, 0.29) is 24.3 Å². The molecule has 1 saturated heterocycles. The summed E-state index contributed by atoms with van der Waals surface area (Å²) in [4.78, 5) is 18.4. The van der Waals surface area contributed by atoms with Crippen molar-refractivity contribution in [2.45, 2.75) is 78.1 Å². The number of nitrogens with one attached hydrogen (secondary N) is 1. The number of H-pyrrole nitrogens is 1. The van der Waals surface area contributed by atoms with E-state index in [0.29, 0.717) is 31.6 Å². The average Bonchev–Trinajstić information content (AvgIpc) is 3.49. The fraction of sp³-hybridized carbons (Fsp3) is 0.600. The highest BCUT2D eigenvalue weighted by atomic mass is 16.5. The summed E-state index contributed by atoms with van der Waals surface area (Å²) in [5.41, 5.74) is 3.73. The van der Waals surface area contributed by atoms with Gasteiger partial charge < -0.3 is 14.8 Å². The van der Waals surface area contributed by atoms with Crippen molar-refractivity contribution in [2.24, 2.45) is 0 Å². The van der Waals surface area contributed by atoms with Crippen LogP contribution in [-0.4, -0.2) is 61.1 Å². The number of aliphatic hydroxyl groups is 1. The summed E-state index contributed by atoms with van der Waals surface area (Å²) in [6, 6.07) is 6.11. The molecule has 2 atom stereocenters. The Bertz CT molecular complexity index is 1150. The lowest BCUT2D eigenvalue weighted by molar-refractivity contribution is 0.0885. The maximum absolute atomic E-state index is 13.1. The summed E-state index contributed by atoms with van der Waals surface area (Å²) in [6.45, 7) is 8.81. The molecule has 0 amide bonds. The molecular formula is C25H36N6O3. The van der Waals surface area contributed by atoms with Gasteiger partial charge in [0.2, 0.25) is 0 Å². The molecule has 1 aromatic carbocycles. The largest absolute Gasteiger partial charge is 0.396 e. The number of pyridine rings is 1. The van der Waals surface area contributed by atoms with Gasteiger partial charge in [-0.1, -0.05) is 25.0 Å². The number of aliphatic hydroxyl groups excluding tert-OH is 1. The molecule has 9 nitrogen and oxygen atoms in total. The minimum absolute atomic E-state index is 0.0673. The van der Waals surface area contributed by atoms with Crippen LogP contribution in [0.5, 0.6) is 0 Å². The van der Waals surface area contributed by atoms with E-state index >= 15 is 0 Å². The summed E-state index contributed by atoms with van der Waals surface area (Å²) in [7, 11) is 0. The second kappa shape index (κ2) is 11.2. The summed E-state index contributed by atoms with van der Waals surface area (Å²) in [5.74, 6) is 0.791. The molecule has 0 bridgehead atoms. The lowest BCUT2D eigenvalue weighted by Crippen LogP contribution is -2.34. The summed E-state index contributed by atoms with van der Waals surface area (Å²) >= 11 is 0. The van der Waals surface area contributed by atoms with Crippen LogP contribution in [0.2, 0.25) is 0 Å². The number of rotatable bonds is 11. The van der Waals surface area contributed by atoms with Crippen LogP contribution < -0.4 is 5.56 Å². The Morgan fingerprint density at radius 2 is 2.18 bits per heavy atom. The second-order valence-corrected chi connectivity index (χ2v) is 9.38. The average molecular weight is 469 g/mol. The van der Waals surface area contributed by atoms with Gasteiger partial charge in [-0.05, 0) is 73.0 Å². The highest BCUT2D eigenvalue weighted by molar-refractivity contribution is 5.82. The third-order valence-corrected chi connectivity index (χ3v) is 6.61. The van der Waals surface area contributed by atoms with E-state index < -0.39 is 0 Å².